The number of fused-ring (bicyclic) bond motifs is 1. The Kier molecular flexibility index (Phi) is 5.49. The second-order valence-corrected chi connectivity index (χ2v) is 7.19. The molecule has 6 nitrogen and oxygen atoms in total. The van der Waals surface area contributed by atoms with Crippen molar-refractivity contribution in [2.24, 2.45) is 0 Å². The van der Waals surface area contributed by atoms with Crippen LogP contribution in [0.5, 0.6) is 5.75 Å². The van der Waals surface area contributed by atoms with Crippen molar-refractivity contribution < 1.29 is 18.4 Å². The minimum absolute atomic E-state index is 0.0416. The first-order chi connectivity index (χ1) is 14.1. The van der Waals surface area contributed by atoms with Crippen molar-refractivity contribution >= 4 is 22.6 Å². The highest BCUT2D eigenvalue weighted by Gasteiger charge is 2.29. The fraction of sp³-hybridized carbons (Fsp3) is 0.364. The Bertz CT molecular complexity index is 994. The monoisotopic (exact) mass is 397 g/mol. The van der Waals surface area contributed by atoms with Crippen LogP contribution in [0.3, 0.4) is 0 Å². The zero-order valence-electron chi connectivity index (χ0n) is 16.6. The van der Waals surface area contributed by atoms with Crippen molar-refractivity contribution in [1.29, 1.82) is 0 Å². The van der Waals surface area contributed by atoms with Gasteiger partial charge < -0.3 is 14.2 Å². The Hall–Kier alpha value is -2.93. The van der Waals surface area contributed by atoms with Crippen LogP contribution in [0.1, 0.15) is 23.7 Å². The number of carbonyl (C=O) groups is 1. The average Bonchev–Trinajstić information content (AvgIpc) is 3.18. The van der Waals surface area contributed by atoms with E-state index in [0.29, 0.717) is 17.6 Å². The van der Waals surface area contributed by atoms with Crippen molar-refractivity contribution in [3.63, 3.8) is 0 Å². The molecule has 0 radical (unpaired) electrons. The van der Waals surface area contributed by atoms with E-state index >= 15 is 0 Å². The molecule has 2 heterocycles. The molecular weight excluding hydrogens is 373 g/mol. The molecule has 7 heteroatoms. The molecule has 0 N–H and O–H groups in total. The van der Waals surface area contributed by atoms with Gasteiger partial charge in [0.2, 0.25) is 0 Å². The number of anilines is 1. The van der Waals surface area contributed by atoms with Crippen LogP contribution in [0.2, 0.25) is 0 Å². The lowest BCUT2D eigenvalue weighted by Crippen LogP contribution is -2.52. The number of nitrogens with zero attached hydrogens (tertiary/aromatic N) is 3. The summed E-state index contributed by atoms with van der Waals surface area (Å²) < 4.78 is 23.9. The van der Waals surface area contributed by atoms with E-state index in [-0.39, 0.29) is 17.6 Å². The number of Topliss-reactive ketones (excluding diaryl/α,β-unsaturated/α-hetero) is 1. The molecule has 0 amide bonds. The number of hydrogen-bond donors (Lipinski definition) is 0. The fourth-order valence-corrected chi connectivity index (χ4v) is 3.92. The van der Waals surface area contributed by atoms with E-state index in [4.69, 9.17) is 9.26 Å². The van der Waals surface area contributed by atoms with Crippen molar-refractivity contribution in [3.05, 3.63) is 53.8 Å². The highest BCUT2D eigenvalue weighted by Crippen LogP contribution is 2.30. The summed E-state index contributed by atoms with van der Waals surface area (Å²) in [7, 11) is 1.62. The Morgan fingerprint density at radius 3 is 2.55 bits per heavy atom. The molecule has 0 aliphatic carbocycles. The molecule has 0 saturated carbocycles. The van der Waals surface area contributed by atoms with Gasteiger partial charge in [0.25, 0.3) is 0 Å². The fourth-order valence-electron chi connectivity index (χ4n) is 3.92. The SMILES string of the molecule is CCC(C(=O)c1ccc(F)cc1)N1CCN(c2noc3cc(OC)ccc23)CC1. The third-order valence-electron chi connectivity index (χ3n) is 5.53. The van der Waals surface area contributed by atoms with Gasteiger partial charge in [0.1, 0.15) is 11.6 Å². The number of ketones is 1. The van der Waals surface area contributed by atoms with E-state index in [1.165, 1.54) is 12.1 Å². The first-order valence-corrected chi connectivity index (χ1v) is 9.83. The molecule has 1 aromatic heterocycles. The molecule has 152 valence electrons. The summed E-state index contributed by atoms with van der Waals surface area (Å²) >= 11 is 0. The molecule has 1 unspecified atom stereocenters. The molecule has 1 atom stereocenters. The van der Waals surface area contributed by atoms with Crippen LogP contribution in [0.4, 0.5) is 10.2 Å². The minimum Gasteiger partial charge on any atom is -0.497 e. The Morgan fingerprint density at radius 2 is 1.90 bits per heavy atom. The van der Waals surface area contributed by atoms with Gasteiger partial charge in [0.05, 0.1) is 18.5 Å². The quantitative estimate of drug-likeness (QED) is 0.591. The van der Waals surface area contributed by atoms with Gasteiger partial charge in [-0.2, -0.15) is 0 Å². The van der Waals surface area contributed by atoms with Crippen LogP contribution < -0.4 is 9.64 Å². The molecule has 1 saturated heterocycles. The minimum atomic E-state index is -0.333. The molecule has 4 rings (SSSR count). The van der Waals surface area contributed by atoms with Gasteiger partial charge in [0.15, 0.2) is 17.2 Å². The molecule has 0 bridgehead atoms. The molecule has 0 spiro atoms. The summed E-state index contributed by atoms with van der Waals surface area (Å²) in [6.07, 6.45) is 0.711. The number of methoxy groups -OCH3 is 1. The van der Waals surface area contributed by atoms with E-state index in [1.54, 1.807) is 19.2 Å². The highest BCUT2D eigenvalue weighted by molar-refractivity contribution is 6.00. The lowest BCUT2D eigenvalue weighted by Gasteiger charge is -2.38. The Labute approximate surface area is 168 Å². The van der Waals surface area contributed by atoms with E-state index in [0.717, 1.165) is 43.1 Å². The zero-order chi connectivity index (χ0) is 20.4. The van der Waals surface area contributed by atoms with Gasteiger partial charge in [-0.15, -0.1) is 0 Å². The van der Waals surface area contributed by atoms with Gasteiger partial charge in [-0.05, 0) is 42.8 Å². The van der Waals surface area contributed by atoms with Crippen LogP contribution in [0.15, 0.2) is 47.0 Å². The molecule has 29 heavy (non-hydrogen) atoms. The largest absolute Gasteiger partial charge is 0.497 e. The third-order valence-corrected chi connectivity index (χ3v) is 5.53. The Balaban J connectivity index is 1.45. The van der Waals surface area contributed by atoms with Crippen LogP contribution >= 0.6 is 0 Å². The second-order valence-electron chi connectivity index (χ2n) is 7.19. The van der Waals surface area contributed by atoms with Gasteiger partial charge in [-0.3, -0.25) is 9.69 Å². The number of halogens is 1. The Morgan fingerprint density at radius 1 is 1.17 bits per heavy atom. The van der Waals surface area contributed by atoms with Gasteiger partial charge in [0, 0.05) is 37.8 Å². The maximum absolute atomic E-state index is 13.2. The molecule has 2 aromatic carbocycles. The lowest BCUT2D eigenvalue weighted by atomic mass is 10.00. The zero-order valence-corrected chi connectivity index (χ0v) is 16.6. The standard InChI is InChI=1S/C22H24FN3O3/c1-3-19(21(27)15-4-6-16(23)7-5-15)25-10-12-26(13-11-25)22-18-9-8-17(28-2)14-20(18)29-24-22/h4-9,14,19H,3,10-13H2,1-2H3. The van der Waals surface area contributed by atoms with E-state index in [2.05, 4.69) is 15.0 Å². The van der Waals surface area contributed by atoms with Gasteiger partial charge in [-0.1, -0.05) is 12.1 Å². The van der Waals surface area contributed by atoms with E-state index < -0.39 is 0 Å². The first kappa shape index (κ1) is 19.4. The molecular formula is C22H24FN3O3. The summed E-state index contributed by atoms with van der Waals surface area (Å²) in [4.78, 5) is 17.3. The maximum Gasteiger partial charge on any atom is 0.180 e. The highest BCUT2D eigenvalue weighted by atomic mass is 19.1. The van der Waals surface area contributed by atoms with Crippen LogP contribution in [-0.4, -0.2) is 55.2 Å². The van der Waals surface area contributed by atoms with Gasteiger partial charge >= 0.3 is 0 Å². The number of rotatable bonds is 6. The smallest absolute Gasteiger partial charge is 0.180 e. The summed E-state index contributed by atoms with van der Waals surface area (Å²) in [5.74, 6) is 1.26. The number of benzene rings is 2. The summed E-state index contributed by atoms with van der Waals surface area (Å²) in [6, 6.07) is 11.3. The topological polar surface area (TPSA) is 58.8 Å². The predicted molar refractivity (Wildman–Crippen MR) is 109 cm³/mol. The maximum atomic E-state index is 13.2. The second kappa shape index (κ2) is 8.21. The van der Waals surface area contributed by atoms with Crippen molar-refractivity contribution in [3.8, 4) is 5.75 Å². The normalized spacial score (nSPS) is 16.2. The molecule has 1 aliphatic heterocycles. The van der Waals surface area contributed by atoms with E-state index in [9.17, 15) is 9.18 Å². The van der Waals surface area contributed by atoms with Crippen molar-refractivity contribution in [1.82, 2.24) is 10.1 Å². The number of aromatic nitrogens is 1. The first-order valence-electron chi connectivity index (χ1n) is 9.83. The van der Waals surface area contributed by atoms with Crippen molar-refractivity contribution in [2.75, 3.05) is 38.2 Å². The number of ether oxygens (including phenoxy) is 1. The summed E-state index contributed by atoms with van der Waals surface area (Å²) in [5.41, 5.74) is 1.25. The molecule has 1 aliphatic rings. The third kappa shape index (κ3) is 3.82. The number of carbonyl (C=O) groups excluding carboxylic acids is 1. The van der Waals surface area contributed by atoms with Crippen molar-refractivity contribution in [2.45, 2.75) is 19.4 Å². The lowest BCUT2D eigenvalue weighted by molar-refractivity contribution is 0.0800. The molecule has 3 aromatic rings. The van der Waals surface area contributed by atoms with Crippen LogP contribution in [-0.2, 0) is 0 Å². The summed E-state index contributed by atoms with van der Waals surface area (Å²) in [6.45, 7) is 5.00. The number of hydrogen-bond acceptors (Lipinski definition) is 6. The van der Waals surface area contributed by atoms with Crippen LogP contribution in [0, 0.1) is 5.82 Å². The van der Waals surface area contributed by atoms with Gasteiger partial charge in [-0.25, -0.2) is 4.39 Å². The average molecular weight is 397 g/mol. The predicted octanol–water partition coefficient (Wildman–Crippen LogP) is 3.76. The number of piperazine rings is 1. The summed E-state index contributed by atoms with van der Waals surface area (Å²) in [5, 5.41) is 5.20. The van der Waals surface area contributed by atoms with Crippen LogP contribution in [0.25, 0.3) is 11.0 Å². The molecule has 1 fully saturated rings. The van der Waals surface area contributed by atoms with E-state index in [1.807, 2.05) is 25.1 Å².